The van der Waals surface area contributed by atoms with Crippen LogP contribution >= 0.6 is 11.8 Å². The molecule has 0 radical (unpaired) electrons. The van der Waals surface area contributed by atoms with Crippen LogP contribution in [-0.4, -0.2) is 55.7 Å². The van der Waals surface area contributed by atoms with Crippen molar-refractivity contribution in [3.63, 3.8) is 0 Å². The number of morpholine rings is 1. The first-order chi connectivity index (χ1) is 15.6. The Morgan fingerprint density at radius 1 is 1.22 bits per heavy atom. The van der Waals surface area contributed by atoms with Gasteiger partial charge in [-0.05, 0) is 19.1 Å². The van der Waals surface area contributed by atoms with Gasteiger partial charge in [0, 0.05) is 31.1 Å². The molecule has 1 N–H and O–H groups in total. The van der Waals surface area contributed by atoms with Gasteiger partial charge >= 0.3 is 0 Å². The van der Waals surface area contributed by atoms with Crippen LogP contribution in [0.15, 0.2) is 46.5 Å². The fourth-order valence-corrected chi connectivity index (χ4v) is 4.41. The molecule has 0 bridgehead atoms. The molecule has 1 saturated heterocycles. The monoisotopic (exact) mass is 448 g/mol. The summed E-state index contributed by atoms with van der Waals surface area (Å²) in [5.74, 6) is 1.18. The summed E-state index contributed by atoms with van der Waals surface area (Å²) in [6, 6.07) is 11.7. The molecule has 3 aromatic heterocycles. The lowest BCUT2D eigenvalue weighted by molar-refractivity contribution is 0.122. The quantitative estimate of drug-likeness (QED) is 0.460. The van der Waals surface area contributed by atoms with Gasteiger partial charge in [-0.15, -0.1) is 10.2 Å². The highest BCUT2D eigenvalue weighted by Crippen LogP contribution is 2.29. The zero-order valence-electron chi connectivity index (χ0n) is 17.4. The molecule has 0 amide bonds. The zero-order valence-corrected chi connectivity index (χ0v) is 18.2. The number of nitrogens with zero attached hydrogens (tertiary/aromatic N) is 7. The molecule has 10 nitrogen and oxygen atoms in total. The molecule has 4 aromatic rings. The molecule has 162 valence electrons. The highest BCUT2D eigenvalue weighted by atomic mass is 32.2. The summed E-state index contributed by atoms with van der Waals surface area (Å²) < 4.78 is 8.77. The number of aryl methyl sites for hydroxylation is 1. The molecule has 0 atom stereocenters. The maximum absolute atomic E-state index is 12.4. The van der Waals surface area contributed by atoms with Crippen molar-refractivity contribution >= 4 is 23.4 Å². The average molecular weight is 449 g/mol. The van der Waals surface area contributed by atoms with Crippen molar-refractivity contribution in [1.29, 1.82) is 5.26 Å². The smallest absolute Gasteiger partial charge is 0.272 e. The second kappa shape index (κ2) is 8.49. The molecule has 0 saturated carbocycles. The van der Waals surface area contributed by atoms with Gasteiger partial charge in [0.2, 0.25) is 5.95 Å². The number of rotatable bonds is 5. The summed E-state index contributed by atoms with van der Waals surface area (Å²) in [5, 5.41) is 21.6. The molecule has 0 spiro atoms. The van der Waals surface area contributed by atoms with Crippen molar-refractivity contribution in [1.82, 2.24) is 29.4 Å². The van der Waals surface area contributed by atoms with Crippen molar-refractivity contribution in [3.8, 4) is 11.8 Å². The maximum atomic E-state index is 12.4. The lowest BCUT2D eigenvalue weighted by atomic mass is 10.2. The molecule has 1 aliphatic rings. The first-order valence-electron chi connectivity index (χ1n) is 10.1. The summed E-state index contributed by atoms with van der Waals surface area (Å²) >= 11 is 1.45. The Labute approximate surface area is 187 Å². The number of ether oxygens (including phenoxy) is 1. The zero-order chi connectivity index (χ0) is 22.1. The Morgan fingerprint density at radius 2 is 2.00 bits per heavy atom. The number of fused-ring (bicyclic) bond motifs is 1. The lowest BCUT2D eigenvalue weighted by Gasteiger charge is -2.28. The van der Waals surface area contributed by atoms with Crippen LogP contribution in [0.25, 0.3) is 11.3 Å². The molecule has 5 rings (SSSR count). The third-order valence-electron chi connectivity index (χ3n) is 5.22. The summed E-state index contributed by atoms with van der Waals surface area (Å²) in [6.45, 7) is 4.83. The van der Waals surface area contributed by atoms with E-state index in [1.807, 2.05) is 23.6 Å². The third kappa shape index (κ3) is 3.74. The maximum Gasteiger partial charge on any atom is 0.272 e. The van der Waals surface area contributed by atoms with E-state index in [0.29, 0.717) is 41.0 Å². The number of hydrogen-bond acceptors (Lipinski definition) is 8. The number of H-pyrrole nitrogens is 1. The van der Waals surface area contributed by atoms with Crippen LogP contribution in [-0.2, 0) is 10.5 Å². The van der Waals surface area contributed by atoms with Crippen LogP contribution in [0.1, 0.15) is 16.8 Å². The second-order valence-corrected chi connectivity index (χ2v) is 8.33. The third-order valence-corrected chi connectivity index (χ3v) is 6.19. The normalized spacial score (nSPS) is 14.1. The minimum Gasteiger partial charge on any atom is -0.378 e. The Morgan fingerprint density at radius 3 is 2.75 bits per heavy atom. The van der Waals surface area contributed by atoms with E-state index in [-0.39, 0.29) is 5.56 Å². The van der Waals surface area contributed by atoms with E-state index in [1.165, 1.54) is 34.1 Å². The van der Waals surface area contributed by atoms with Gasteiger partial charge in [-0.1, -0.05) is 29.5 Å². The molecular formula is C21H20N8O2S. The van der Waals surface area contributed by atoms with Crippen LogP contribution in [0.2, 0.25) is 0 Å². The highest BCUT2D eigenvalue weighted by Gasteiger charge is 2.22. The van der Waals surface area contributed by atoms with Crippen LogP contribution in [0, 0.1) is 18.3 Å². The number of aromatic nitrogens is 6. The van der Waals surface area contributed by atoms with Gasteiger partial charge in [-0.3, -0.25) is 14.5 Å². The van der Waals surface area contributed by atoms with E-state index >= 15 is 0 Å². The molecule has 1 aliphatic heterocycles. The van der Waals surface area contributed by atoms with Gasteiger partial charge in [0.15, 0.2) is 10.8 Å². The van der Waals surface area contributed by atoms with Crippen molar-refractivity contribution in [2.24, 2.45) is 0 Å². The summed E-state index contributed by atoms with van der Waals surface area (Å²) in [6.07, 6.45) is 1.48. The molecule has 0 unspecified atom stereocenters. The largest absolute Gasteiger partial charge is 0.378 e. The van der Waals surface area contributed by atoms with Gasteiger partial charge in [0.25, 0.3) is 5.56 Å². The Kier molecular flexibility index (Phi) is 5.38. The van der Waals surface area contributed by atoms with Crippen molar-refractivity contribution < 1.29 is 4.74 Å². The summed E-state index contributed by atoms with van der Waals surface area (Å²) in [5.41, 5.74) is 3.09. The minimum absolute atomic E-state index is 0.263. The number of hydrogen-bond donors (Lipinski definition) is 1. The van der Waals surface area contributed by atoms with Crippen molar-refractivity contribution in [3.05, 3.63) is 63.7 Å². The van der Waals surface area contributed by atoms with Crippen LogP contribution in [0.5, 0.6) is 0 Å². The topological polar surface area (TPSA) is 117 Å². The van der Waals surface area contributed by atoms with E-state index in [1.54, 1.807) is 0 Å². The summed E-state index contributed by atoms with van der Waals surface area (Å²) in [4.78, 5) is 19.1. The first-order valence-corrected chi connectivity index (χ1v) is 11.1. The van der Waals surface area contributed by atoms with Crippen LogP contribution < -0.4 is 10.5 Å². The number of aromatic amines is 1. The number of nitriles is 1. The van der Waals surface area contributed by atoms with E-state index in [4.69, 9.17) is 4.74 Å². The Balaban J connectivity index is 1.49. The molecule has 11 heteroatoms. The minimum atomic E-state index is -0.263. The predicted octanol–water partition coefficient (Wildman–Crippen LogP) is 1.91. The summed E-state index contributed by atoms with van der Waals surface area (Å²) in [7, 11) is 0. The van der Waals surface area contributed by atoms with E-state index < -0.39 is 0 Å². The number of nitrogens with one attached hydrogen (secondary N) is 1. The first kappa shape index (κ1) is 20.3. The molecule has 1 aromatic carbocycles. The van der Waals surface area contributed by atoms with E-state index in [2.05, 4.69) is 43.4 Å². The molecule has 4 heterocycles. The van der Waals surface area contributed by atoms with Gasteiger partial charge < -0.3 is 9.64 Å². The number of anilines is 1. The number of thioether (sulfide) groups is 1. The standard InChI is InChI=1S/C21H20N8O2S/c1-14-2-4-17(5-3-14)28-20(27-6-8-31-9-7-27)25-26-21(28)32-13-16-10-18(30)29-19(24-16)15(11-22)12-23-29/h2-5,10,12,23H,6-9,13H2,1H3. The van der Waals surface area contributed by atoms with Gasteiger partial charge in [0.1, 0.15) is 11.6 Å². The molecule has 0 aliphatic carbocycles. The molecule has 32 heavy (non-hydrogen) atoms. The van der Waals surface area contributed by atoms with Crippen molar-refractivity contribution in [2.45, 2.75) is 17.8 Å². The molecule has 1 fully saturated rings. The van der Waals surface area contributed by atoms with Crippen molar-refractivity contribution in [2.75, 3.05) is 31.2 Å². The highest BCUT2D eigenvalue weighted by molar-refractivity contribution is 7.98. The lowest BCUT2D eigenvalue weighted by Crippen LogP contribution is -2.37. The van der Waals surface area contributed by atoms with E-state index in [0.717, 1.165) is 24.7 Å². The number of benzene rings is 1. The average Bonchev–Trinajstić information content (AvgIpc) is 3.43. The van der Waals surface area contributed by atoms with Gasteiger partial charge in [0.05, 0.1) is 24.6 Å². The second-order valence-electron chi connectivity index (χ2n) is 7.39. The Bertz CT molecular complexity index is 1360. The predicted molar refractivity (Wildman–Crippen MR) is 119 cm³/mol. The fourth-order valence-electron chi connectivity index (χ4n) is 3.57. The molecular weight excluding hydrogens is 428 g/mol. The van der Waals surface area contributed by atoms with Gasteiger partial charge in [-0.25, -0.2) is 9.50 Å². The SMILES string of the molecule is Cc1ccc(-n2c(SCc3cc(=O)n4[nH]cc(C#N)c4n3)nnc2N2CCOCC2)cc1. The Hall–Kier alpha value is -3.62. The fraction of sp³-hybridized carbons (Fsp3) is 0.286. The van der Waals surface area contributed by atoms with Gasteiger partial charge in [-0.2, -0.15) is 5.26 Å². The van der Waals surface area contributed by atoms with Crippen LogP contribution in [0.3, 0.4) is 0 Å². The van der Waals surface area contributed by atoms with E-state index in [9.17, 15) is 10.1 Å². The van der Waals surface area contributed by atoms with Crippen LogP contribution in [0.4, 0.5) is 5.95 Å².